The third-order valence-corrected chi connectivity index (χ3v) is 4.22. The maximum Gasteiger partial charge on any atom is 0.324 e. The third kappa shape index (κ3) is 3.17. The number of carbonyl (C=O) groups excluding carboxylic acids is 1. The number of nitrogens with zero attached hydrogens (tertiary/aromatic N) is 2. The lowest BCUT2D eigenvalue weighted by atomic mass is 9.99. The van der Waals surface area contributed by atoms with Crippen molar-refractivity contribution in [2.24, 2.45) is 11.8 Å². The first-order chi connectivity index (χ1) is 9.93. The molecule has 2 rings (SSSR count). The van der Waals surface area contributed by atoms with Crippen LogP contribution >= 0.6 is 0 Å². The Morgan fingerprint density at radius 3 is 2.38 bits per heavy atom. The maximum absolute atomic E-state index is 12.5. The second-order valence-corrected chi connectivity index (χ2v) is 5.69. The summed E-state index contributed by atoms with van der Waals surface area (Å²) in [6, 6.07) is 7.71. The SMILES string of the molecule is CCc1ccc(N(C)C(=O)N2CC(C)C(C(=O)O)C2)cc1. The molecule has 0 aliphatic carbocycles. The number of benzene rings is 1. The van der Waals surface area contributed by atoms with Crippen molar-refractivity contribution in [1.82, 2.24) is 4.90 Å². The molecule has 1 saturated heterocycles. The molecule has 1 heterocycles. The van der Waals surface area contributed by atoms with E-state index >= 15 is 0 Å². The molecule has 2 amide bonds. The second kappa shape index (κ2) is 6.16. The summed E-state index contributed by atoms with van der Waals surface area (Å²) in [7, 11) is 1.72. The molecule has 0 saturated carbocycles. The highest BCUT2D eigenvalue weighted by atomic mass is 16.4. The van der Waals surface area contributed by atoms with E-state index in [4.69, 9.17) is 5.11 Å². The third-order valence-electron chi connectivity index (χ3n) is 4.22. The molecule has 1 aromatic carbocycles. The molecule has 2 atom stereocenters. The van der Waals surface area contributed by atoms with Gasteiger partial charge in [0.15, 0.2) is 0 Å². The molecular weight excluding hydrogens is 268 g/mol. The molecule has 114 valence electrons. The lowest BCUT2D eigenvalue weighted by Gasteiger charge is -2.24. The lowest BCUT2D eigenvalue weighted by molar-refractivity contribution is -0.142. The Bertz CT molecular complexity index is 527. The molecule has 5 heteroatoms. The van der Waals surface area contributed by atoms with E-state index in [1.165, 1.54) is 5.56 Å². The monoisotopic (exact) mass is 290 g/mol. The number of aliphatic carboxylic acids is 1. The summed E-state index contributed by atoms with van der Waals surface area (Å²) < 4.78 is 0. The number of anilines is 1. The summed E-state index contributed by atoms with van der Waals surface area (Å²) in [5.74, 6) is -1.31. The van der Waals surface area contributed by atoms with Gasteiger partial charge in [-0.1, -0.05) is 26.0 Å². The van der Waals surface area contributed by atoms with Gasteiger partial charge >= 0.3 is 12.0 Å². The lowest BCUT2D eigenvalue weighted by Crippen LogP contribution is -2.40. The zero-order valence-electron chi connectivity index (χ0n) is 12.7. The minimum atomic E-state index is -0.826. The van der Waals surface area contributed by atoms with Crippen molar-refractivity contribution in [3.8, 4) is 0 Å². The Kier molecular flexibility index (Phi) is 4.50. The summed E-state index contributed by atoms with van der Waals surface area (Å²) in [6.45, 7) is 4.74. The van der Waals surface area contributed by atoms with Gasteiger partial charge < -0.3 is 10.0 Å². The van der Waals surface area contributed by atoms with Crippen LogP contribution < -0.4 is 4.90 Å². The zero-order valence-corrected chi connectivity index (χ0v) is 12.7. The first-order valence-corrected chi connectivity index (χ1v) is 7.28. The van der Waals surface area contributed by atoms with E-state index in [0.717, 1.165) is 12.1 Å². The average Bonchev–Trinajstić information content (AvgIpc) is 2.88. The summed E-state index contributed by atoms with van der Waals surface area (Å²) >= 11 is 0. The number of carbonyl (C=O) groups is 2. The Morgan fingerprint density at radius 2 is 1.90 bits per heavy atom. The normalized spacial score (nSPS) is 21.4. The van der Waals surface area contributed by atoms with Gasteiger partial charge in [-0.05, 0) is 30.0 Å². The first kappa shape index (κ1) is 15.4. The fraction of sp³-hybridized carbons (Fsp3) is 0.500. The highest BCUT2D eigenvalue weighted by molar-refractivity contribution is 5.92. The van der Waals surface area contributed by atoms with Crippen LogP contribution in [0, 0.1) is 11.8 Å². The molecule has 0 spiro atoms. The molecule has 0 radical (unpaired) electrons. The van der Waals surface area contributed by atoms with Crippen molar-refractivity contribution >= 4 is 17.7 Å². The molecule has 1 aromatic rings. The molecule has 5 nitrogen and oxygen atoms in total. The van der Waals surface area contributed by atoms with E-state index in [1.54, 1.807) is 16.8 Å². The summed E-state index contributed by atoms with van der Waals surface area (Å²) in [5.41, 5.74) is 2.05. The van der Waals surface area contributed by atoms with Crippen LogP contribution in [0.2, 0.25) is 0 Å². The van der Waals surface area contributed by atoms with Crippen LogP contribution in [0.4, 0.5) is 10.5 Å². The summed E-state index contributed by atoms with van der Waals surface area (Å²) in [5, 5.41) is 9.14. The Hall–Kier alpha value is -2.04. The number of amides is 2. The predicted molar refractivity (Wildman–Crippen MR) is 81.5 cm³/mol. The minimum Gasteiger partial charge on any atom is -0.481 e. The molecule has 21 heavy (non-hydrogen) atoms. The van der Waals surface area contributed by atoms with Gasteiger partial charge in [0.05, 0.1) is 5.92 Å². The molecular formula is C16H22N2O3. The molecule has 1 N–H and O–H groups in total. The van der Waals surface area contributed by atoms with Crippen LogP contribution in [-0.4, -0.2) is 42.1 Å². The van der Waals surface area contributed by atoms with Gasteiger partial charge in [0.2, 0.25) is 0 Å². The summed E-state index contributed by atoms with van der Waals surface area (Å²) in [6.07, 6.45) is 0.960. The highest BCUT2D eigenvalue weighted by Gasteiger charge is 2.38. The number of likely N-dealkylation sites (tertiary alicyclic amines) is 1. The van der Waals surface area contributed by atoms with Gasteiger partial charge in [0.25, 0.3) is 0 Å². The number of aryl methyl sites for hydroxylation is 1. The standard InChI is InChI=1S/C16H22N2O3/c1-4-12-5-7-13(8-6-12)17(3)16(21)18-9-11(2)14(10-18)15(19)20/h5-8,11,14H,4,9-10H2,1-3H3,(H,19,20). The van der Waals surface area contributed by atoms with Crippen LogP contribution in [0.3, 0.4) is 0 Å². The average molecular weight is 290 g/mol. The number of rotatable bonds is 3. The maximum atomic E-state index is 12.5. The number of carboxylic acid groups (broad SMARTS) is 1. The fourth-order valence-electron chi connectivity index (χ4n) is 2.72. The van der Waals surface area contributed by atoms with Gasteiger partial charge in [0.1, 0.15) is 0 Å². The number of urea groups is 1. The second-order valence-electron chi connectivity index (χ2n) is 5.69. The van der Waals surface area contributed by atoms with Crippen molar-refractivity contribution in [2.75, 3.05) is 25.0 Å². The van der Waals surface area contributed by atoms with E-state index in [2.05, 4.69) is 6.92 Å². The Labute approximate surface area is 125 Å². The van der Waals surface area contributed by atoms with Gasteiger partial charge in [-0.2, -0.15) is 0 Å². The molecule has 1 fully saturated rings. The van der Waals surface area contributed by atoms with E-state index in [-0.39, 0.29) is 18.5 Å². The van der Waals surface area contributed by atoms with Crippen molar-refractivity contribution < 1.29 is 14.7 Å². The van der Waals surface area contributed by atoms with Gasteiger partial charge in [-0.3, -0.25) is 9.69 Å². The van der Waals surface area contributed by atoms with E-state index < -0.39 is 11.9 Å². The molecule has 0 aromatic heterocycles. The van der Waals surface area contributed by atoms with E-state index in [1.807, 2.05) is 31.2 Å². The molecule has 1 aliphatic heterocycles. The first-order valence-electron chi connectivity index (χ1n) is 7.28. The van der Waals surface area contributed by atoms with E-state index in [9.17, 15) is 9.59 Å². The van der Waals surface area contributed by atoms with Crippen LogP contribution in [0.1, 0.15) is 19.4 Å². The van der Waals surface area contributed by atoms with Crippen LogP contribution in [0.15, 0.2) is 24.3 Å². The number of carboxylic acids is 1. The van der Waals surface area contributed by atoms with E-state index in [0.29, 0.717) is 6.54 Å². The van der Waals surface area contributed by atoms with Crippen LogP contribution in [-0.2, 0) is 11.2 Å². The predicted octanol–water partition coefficient (Wildman–Crippen LogP) is 2.46. The Morgan fingerprint density at radius 1 is 1.29 bits per heavy atom. The number of hydrogen-bond donors (Lipinski definition) is 1. The topological polar surface area (TPSA) is 60.9 Å². The van der Waals surface area contributed by atoms with Crippen molar-refractivity contribution in [3.05, 3.63) is 29.8 Å². The van der Waals surface area contributed by atoms with Gasteiger partial charge in [0, 0.05) is 25.8 Å². The minimum absolute atomic E-state index is 0.0117. The zero-order chi connectivity index (χ0) is 15.6. The van der Waals surface area contributed by atoms with Gasteiger partial charge in [-0.25, -0.2) is 4.79 Å². The summed E-state index contributed by atoms with van der Waals surface area (Å²) in [4.78, 5) is 26.8. The fourth-order valence-corrected chi connectivity index (χ4v) is 2.72. The van der Waals surface area contributed by atoms with Crippen molar-refractivity contribution in [2.45, 2.75) is 20.3 Å². The van der Waals surface area contributed by atoms with Crippen LogP contribution in [0.25, 0.3) is 0 Å². The largest absolute Gasteiger partial charge is 0.481 e. The highest BCUT2D eigenvalue weighted by Crippen LogP contribution is 2.25. The van der Waals surface area contributed by atoms with Crippen LogP contribution in [0.5, 0.6) is 0 Å². The quantitative estimate of drug-likeness (QED) is 0.930. The smallest absolute Gasteiger partial charge is 0.324 e. The van der Waals surface area contributed by atoms with Gasteiger partial charge in [-0.15, -0.1) is 0 Å². The van der Waals surface area contributed by atoms with Crippen molar-refractivity contribution in [1.29, 1.82) is 0 Å². The Balaban J connectivity index is 2.07. The molecule has 2 unspecified atom stereocenters. The van der Waals surface area contributed by atoms with Crippen molar-refractivity contribution in [3.63, 3.8) is 0 Å². The molecule has 0 bridgehead atoms. The number of hydrogen-bond acceptors (Lipinski definition) is 2. The molecule has 1 aliphatic rings.